The van der Waals surface area contributed by atoms with Gasteiger partial charge >= 0.3 is 0 Å². The van der Waals surface area contributed by atoms with E-state index in [1.807, 2.05) is 30.6 Å². The summed E-state index contributed by atoms with van der Waals surface area (Å²) in [5.41, 5.74) is 4.13. The molecule has 7 nitrogen and oxygen atoms in total. The fourth-order valence-electron chi connectivity index (χ4n) is 3.97. The normalized spacial score (nSPS) is 14.5. The molecule has 2 aromatic carbocycles. The van der Waals surface area contributed by atoms with Crippen LogP contribution in [0.15, 0.2) is 60.9 Å². The fraction of sp³-hybridized carbons (Fsp3) is 0.208. The minimum absolute atomic E-state index is 0.120. The molecule has 3 heterocycles. The number of fused-ring (bicyclic) bond motifs is 1. The summed E-state index contributed by atoms with van der Waals surface area (Å²) in [6, 6.07) is 14.0. The smallest absolute Gasteiger partial charge is 0.276 e. The Balaban J connectivity index is 1.42. The van der Waals surface area contributed by atoms with Gasteiger partial charge in [0.15, 0.2) is 5.69 Å². The number of carbonyl (C=O) groups excluding carboxylic acids is 1. The van der Waals surface area contributed by atoms with Gasteiger partial charge in [0.25, 0.3) is 5.91 Å². The molecular weight excluding hydrogens is 407 g/mol. The zero-order valence-corrected chi connectivity index (χ0v) is 17.4. The van der Waals surface area contributed by atoms with E-state index in [1.54, 1.807) is 12.1 Å². The maximum atomic E-state index is 13.9. The van der Waals surface area contributed by atoms with Crippen LogP contribution in [0.3, 0.4) is 0 Å². The molecule has 1 aliphatic heterocycles. The van der Waals surface area contributed by atoms with Gasteiger partial charge in [-0.2, -0.15) is 5.10 Å². The van der Waals surface area contributed by atoms with Gasteiger partial charge in [0.2, 0.25) is 0 Å². The number of benzene rings is 2. The zero-order chi connectivity index (χ0) is 21.9. The van der Waals surface area contributed by atoms with Gasteiger partial charge in [0.05, 0.1) is 11.2 Å². The number of piperazine rings is 1. The number of aromatic amines is 1. The van der Waals surface area contributed by atoms with Crippen LogP contribution in [-0.4, -0.2) is 52.2 Å². The maximum absolute atomic E-state index is 13.9. The van der Waals surface area contributed by atoms with Gasteiger partial charge in [-0.25, -0.2) is 4.39 Å². The summed E-state index contributed by atoms with van der Waals surface area (Å²) in [6.45, 7) is 4.90. The van der Waals surface area contributed by atoms with Gasteiger partial charge in [-0.3, -0.25) is 19.8 Å². The Morgan fingerprint density at radius 2 is 1.91 bits per heavy atom. The number of aromatic nitrogens is 3. The first kappa shape index (κ1) is 20.3. The maximum Gasteiger partial charge on any atom is 0.276 e. The highest BCUT2D eigenvalue weighted by Crippen LogP contribution is 2.26. The van der Waals surface area contributed by atoms with Crippen molar-refractivity contribution >= 4 is 22.5 Å². The average Bonchev–Trinajstić information content (AvgIpc) is 3.25. The first-order chi connectivity index (χ1) is 15.7. The Morgan fingerprint density at radius 3 is 2.75 bits per heavy atom. The number of para-hydroxylation sites is 1. The fourth-order valence-corrected chi connectivity index (χ4v) is 3.97. The van der Waals surface area contributed by atoms with Crippen LogP contribution in [-0.2, 0) is 6.54 Å². The van der Waals surface area contributed by atoms with Gasteiger partial charge in [0, 0.05) is 56.1 Å². The molecule has 3 N–H and O–H groups in total. The van der Waals surface area contributed by atoms with Crippen molar-refractivity contribution in [3.05, 3.63) is 78.0 Å². The molecule has 1 aliphatic rings. The van der Waals surface area contributed by atoms with Crippen LogP contribution >= 0.6 is 0 Å². The second kappa shape index (κ2) is 8.86. The van der Waals surface area contributed by atoms with Gasteiger partial charge in [-0.05, 0) is 41.5 Å². The molecule has 162 valence electrons. The zero-order valence-electron chi connectivity index (χ0n) is 17.4. The van der Waals surface area contributed by atoms with E-state index in [0.717, 1.165) is 54.9 Å². The summed E-state index contributed by atoms with van der Waals surface area (Å²) >= 11 is 0. The molecule has 1 fully saturated rings. The summed E-state index contributed by atoms with van der Waals surface area (Å²) in [5.74, 6) is -0.960. The number of halogens is 1. The number of hydrogen-bond donors (Lipinski definition) is 3. The van der Waals surface area contributed by atoms with Crippen LogP contribution in [0.5, 0.6) is 0 Å². The predicted octanol–water partition coefficient (Wildman–Crippen LogP) is 3.42. The molecule has 0 aliphatic carbocycles. The Hall–Kier alpha value is -3.62. The minimum Gasteiger partial charge on any atom is -0.318 e. The van der Waals surface area contributed by atoms with E-state index >= 15 is 0 Å². The third kappa shape index (κ3) is 4.23. The van der Waals surface area contributed by atoms with Gasteiger partial charge in [0.1, 0.15) is 5.82 Å². The summed E-state index contributed by atoms with van der Waals surface area (Å²) in [6.07, 6.45) is 3.72. The largest absolute Gasteiger partial charge is 0.318 e. The van der Waals surface area contributed by atoms with Gasteiger partial charge in [-0.1, -0.05) is 18.2 Å². The van der Waals surface area contributed by atoms with Crippen molar-refractivity contribution in [3.63, 3.8) is 0 Å². The molecular formula is C24H23FN6O. The second-order valence-corrected chi connectivity index (χ2v) is 7.87. The summed E-state index contributed by atoms with van der Waals surface area (Å²) in [4.78, 5) is 19.6. The molecule has 0 atom stereocenters. The molecule has 8 heteroatoms. The number of H-pyrrole nitrogens is 1. The molecule has 0 unspecified atom stereocenters. The molecule has 5 rings (SSSR count). The van der Waals surface area contributed by atoms with Crippen molar-refractivity contribution in [2.75, 3.05) is 31.5 Å². The molecule has 2 aromatic heterocycles. The molecule has 1 amide bonds. The highest BCUT2D eigenvalue weighted by atomic mass is 19.1. The number of pyridine rings is 1. The number of amides is 1. The number of nitrogens with one attached hydrogen (secondary N) is 3. The van der Waals surface area contributed by atoms with E-state index in [-0.39, 0.29) is 11.4 Å². The lowest BCUT2D eigenvalue weighted by molar-refractivity contribution is 0.102. The minimum atomic E-state index is -0.492. The van der Waals surface area contributed by atoms with Crippen molar-refractivity contribution in [2.24, 2.45) is 0 Å². The van der Waals surface area contributed by atoms with Crippen molar-refractivity contribution in [2.45, 2.75) is 6.54 Å². The lowest BCUT2D eigenvalue weighted by Crippen LogP contribution is -2.42. The number of rotatable bonds is 5. The molecule has 0 radical (unpaired) electrons. The first-order valence-corrected chi connectivity index (χ1v) is 10.6. The average molecular weight is 430 g/mol. The van der Waals surface area contributed by atoms with Crippen LogP contribution in [0.1, 0.15) is 16.1 Å². The molecule has 0 spiro atoms. The molecule has 0 bridgehead atoms. The first-order valence-electron chi connectivity index (χ1n) is 10.6. The number of nitrogens with zero attached hydrogens (tertiary/aromatic N) is 3. The lowest BCUT2D eigenvalue weighted by atomic mass is 10.0. The SMILES string of the molecule is O=C(Nc1ccccc1F)c1n[nH]c2ccc(-c3cncc(CN4CCNCC4)c3)cc12. The van der Waals surface area contributed by atoms with Crippen LogP contribution in [0, 0.1) is 5.82 Å². The van der Waals surface area contributed by atoms with Crippen LogP contribution < -0.4 is 10.6 Å². The van der Waals surface area contributed by atoms with Crippen molar-refractivity contribution < 1.29 is 9.18 Å². The quantitative estimate of drug-likeness (QED) is 0.452. The highest BCUT2D eigenvalue weighted by Gasteiger charge is 2.17. The molecule has 4 aromatic rings. The summed E-state index contributed by atoms with van der Waals surface area (Å²) in [7, 11) is 0. The molecule has 0 saturated carbocycles. The van der Waals surface area contributed by atoms with E-state index in [2.05, 4.69) is 36.8 Å². The van der Waals surface area contributed by atoms with Crippen molar-refractivity contribution in [1.82, 2.24) is 25.4 Å². The second-order valence-electron chi connectivity index (χ2n) is 7.87. The summed E-state index contributed by atoms with van der Waals surface area (Å²) in [5, 5.41) is 13.7. The van der Waals surface area contributed by atoms with Crippen molar-refractivity contribution in [1.29, 1.82) is 0 Å². The highest BCUT2D eigenvalue weighted by molar-refractivity contribution is 6.11. The Morgan fingerprint density at radius 1 is 1.06 bits per heavy atom. The number of hydrogen-bond acceptors (Lipinski definition) is 5. The monoisotopic (exact) mass is 430 g/mol. The van der Waals surface area contributed by atoms with E-state index in [0.29, 0.717) is 5.39 Å². The standard InChI is InChI=1S/C24H23FN6O/c25-20-3-1-2-4-22(20)28-24(32)23-19-12-17(5-6-21(19)29-30-23)18-11-16(13-27-14-18)15-31-9-7-26-8-10-31/h1-6,11-14,26H,7-10,15H2,(H,28,32)(H,29,30). The van der Waals surface area contributed by atoms with Crippen LogP contribution in [0.2, 0.25) is 0 Å². The number of carbonyl (C=O) groups is 1. The number of anilines is 1. The van der Waals surface area contributed by atoms with Gasteiger partial charge < -0.3 is 10.6 Å². The van der Waals surface area contributed by atoms with E-state index in [4.69, 9.17) is 0 Å². The Bertz CT molecular complexity index is 1260. The third-order valence-electron chi connectivity index (χ3n) is 5.64. The van der Waals surface area contributed by atoms with E-state index in [1.165, 1.54) is 12.1 Å². The molecule has 32 heavy (non-hydrogen) atoms. The summed E-state index contributed by atoms with van der Waals surface area (Å²) < 4.78 is 13.9. The van der Waals surface area contributed by atoms with E-state index in [9.17, 15) is 9.18 Å². The lowest BCUT2D eigenvalue weighted by Gasteiger charge is -2.27. The predicted molar refractivity (Wildman–Crippen MR) is 122 cm³/mol. The Labute approximate surface area is 184 Å². The third-order valence-corrected chi connectivity index (χ3v) is 5.64. The van der Waals surface area contributed by atoms with Gasteiger partial charge in [-0.15, -0.1) is 0 Å². The van der Waals surface area contributed by atoms with E-state index < -0.39 is 11.7 Å². The van der Waals surface area contributed by atoms with Crippen LogP contribution in [0.25, 0.3) is 22.0 Å². The van der Waals surface area contributed by atoms with Crippen LogP contribution in [0.4, 0.5) is 10.1 Å². The topological polar surface area (TPSA) is 85.9 Å². The molecule has 1 saturated heterocycles. The Kier molecular flexibility index (Phi) is 5.62. The van der Waals surface area contributed by atoms with Crippen molar-refractivity contribution in [3.8, 4) is 11.1 Å².